The van der Waals surface area contributed by atoms with Gasteiger partial charge in [0.15, 0.2) is 0 Å². The predicted molar refractivity (Wildman–Crippen MR) is 88.6 cm³/mol. The van der Waals surface area contributed by atoms with E-state index in [4.69, 9.17) is 10.5 Å². The summed E-state index contributed by atoms with van der Waals surface area (Å²) in [5.74, 6) is 0. The molecule has 7 nitrogen and oxygen atoms in total. The van der Waals surface area contributed by atoms with Crippen LogP contribution in [0, 0.1) is 6.42 Å². The maximum Gasteiger partial charge on any atom is 0.337 e. The molecular weight excluding hydrogens is 306 g/mol. The Hall–Kier alpha value is -2.67. The molecule has 2 aromatic heterocycles. The average molecular weight is 323 g/mol. The largest absolute Gasteiger partial charge is 0.381 e. The third-order valence-corrected chi connectivity index (χ3v) is 4.45. The first-order valence-electron chi connectivity index (χ1n) is 7.73. The number of anilines is 1. The number of carbonyl (C=O) groups is 1. The zero-order valence-electron chi connectivity index (χ0n) is 13.2. The summed E-state index contributed by atoms with van der Waals surface area (Å²) in [5.41, 5.74) is 8.99. The van der Waals surface area contributed by atoms with Crippen LogP contribution < -0.4 is 10.7 Å². The minimum atomic E-state index is -0.535. The van der Waals surface area contributed by atoms with Crippen LogP contribution in [0.1, 0.15) is 12.8 Å². The molecule has 7 heteroatoms. The Bertz CT molecular complexity index is 816. The summed E-state index contributed by atoms with van der Waals surface area (Å²) in [6.45, 7) is 0. The molecule has 4 rings (SSSR count). The second kappa shape index (κ2) is 5.76. The van der Waals surface area contributed by atoms with Gasteiger partial charge in [0.25, 0.3) is 0 Å². The lowest BCUT2D eigenvalue weighted by Gasteiger charge is -2.37. The van der Waals surface area contributed by atoms with Gasteiger partial charge in [0.05, 0.1) is 23.3 Å². The molecule has 1 saturated carbocycles. The van der Waals surface area contributed by atoms with Crippen molar-refractivity contribution in [2.75, 3.05) is 12.1 Å². The molecule has 0 bridgehead atoms. The minimum absolute atomic E-state index is 0.0173. The number of rotatable bonds is 2. The highest BCUT2D eigenvalue weighted by molar-refractivity contribution is 5.90. The van der Waals surface area contributed by atoms with Crippen molar-refractivity contribution in [1.29, 1.82) is 0 Å². The highest BCUT2D eigenvalue weighted by Crippen LogP contribution is 2.39. The Morgan fingerprint density at radius 2 is 2.25 bits per heavy atom. The van der Waals surface area contributed by atoms with Crippen molar-refractivity contribution in [3.05, 3.63) is 48.8 Å². The van der Waals surface area contributed by atoms with Crippen molar-refractivity contribution in [3.63, 3.8) is 0 Å². The number of nitrogens with zero attached hydrogens (tertiary/aromatic N) is 4. The fourth-order valence-electron chi connectivity index (χ4n) is 3.33. The summed E-state index contributed by atoms with van der Waals surface area (Å²) in [6, 6.07) is 5.03. The number of ether oxygens (including phenoxy) is 1. The van der Waals surface area contributed by atoms with E-state index in [1.54, 1.807) is 25.7 Å². The van der Waals surface area contributed by atoms with Crippen LogP contribution in [-0.2, 0) is 4.74 Å². The summed E-state index contributed by atoms with van der Waals surface area (Å²) >= 11 is 0. The number of hydrogen-bond acceptors (Lipinski definition) is 5. The Labute approximate surface area is 139 Å². The summed E-state index contributed by atoms with van der Waals surface area (Å²) in [6.07, 6.45) is 9.76. The number of hydrogen-bond donors (Lipinski definition) is 1. The SMILES string of the molecule is COC1[C]CC2=CN(C(N)=O)N(c3ccnc4cccnc34)C2C1. The van der Waals surface area contributed by atoms with E-state index < -0.39 is 6.03 Å². The number of fused-ring (bicyclic) bond motifs is 2. The first-order chi connectivity index (χ1) is 11.7. The molecule has 2 radical (unpaired) electrons. The van der Waals surface area contributed by atoms with Gasteiger partial charge in [0.2, 0.25) is 0 Å². The number of carbonyl (C=O) groups excluding carboxylic acids is 1. The van der Waals surface area contributed by atoms with Crippen molar-refractivity contribution in [3.8, 4) is 0 Å². The van der Waals surface area contributed by atoms with Crippen LogP contribution in [0.15, 0.2) is 42.4 Å². The van der Waals surface area contributed by atoms with E-state index >= 15 is 0 Å². The molecule has 2 atom stereocenters. The zero-order valence-corrected chi connectivity index (χ0v) is 13.2. The lowest BCUT2D eigenvalue weighted by atomic mass is 9.88. The molecule has 1 aliphatic heterocycles. The number of amides is 2. The summed E-state index contributed by atoms with van der Waals surface area (Å²) in [7, 11) is 1.67. The summed E-state index contributed by atoms with van der Waals surface area (Å²) < 4.78 is 5.44. The average Bonchev–Trinajstić information content (AvgIpc) is 3.00. The van der Waals surface area contributed by atoms with E-state index in [9.17, 15) is 4.79 Å². The molecule has 2 unspecified atom stereocenters. The maximum absolute atomic E-state index is 12.0. The van der Waals surface area contributed by atoms with E-state index in [0.29, 0.717) is 12.8 Å². The van der Waals surface area contributed by atoms with E-state index in [-0.39, 0.29) is 12.1 Å². The Morgan fingerprint density at radius 3 is 3.04 bits per heavy atom. The predicted octanol–water partition coefficient (Wildman–Crippen LogP) is 1.89. The molecule has 1 aliphatic carbocycles. The molecule has 0 spiro atoms. The Balaban J connectivity index is 1.82. The molecule has 3 heterocycles. The fourth-order valence-corrected chi connectivity index (χ4v) is 3.33. The van der Waals surface area contributed by atoms with Gasteiger partial charge in [-0.3, -0.25) is 15.0 Å². The smallest absolute Gasteiger partial charge is 0.337 e. The van der Waals surface area contributed by atoms with Gasteiger partial charge in [0.1, 0.15) is 5.52 Å². The van der Waals surface area contributed by atoms with Gasteiger partial charge in [-0.2, -0.15) is 0 Å². The van der Waals surface area contributed by atoms with Gasteiger partial charge in [-0.15, -0.1) is 0 Å². The van der Waals surface area contributed by atoms with E-state index in [2.05, 4.69) is 16.4 Å². The highest BCUT2D eigenvalue weighted by atomic mass is 16.5. The molecule has 2 aromatic rings. The number of urea groups is 1. The molecule has 2 amide bonds. The Kier molecular flexibility index (Phi) is 3.57. The lowest BCUT2D eigenvalue weighted by Crippen LogP contribution is -2.49. The van der Waals surface area contributed by atoms with E-state index in [1.807, 2.05) is 23.2 Å². The topological polar surface area (TPSA) is 84.6 Å². The molecule has 24 heavy (non-hydrogen) atoms. The maximum atomic E-state index is 12.0. The molecule has 2 aliphatic rings. The van der Waals surface area contributed by atoms with Crippen LogP contribution in [0.25, 0.3) is 11.0 Å². The number of hydrazine groups is 1. The normalized spacial score (nSPS) is 23.3. The molecule has 122 valence electrons. The first-order valence-corrected chi connectivity index (χ1v) is 7.73. The third-order valence-electron chi connectivity index (χ3n) is 4.45. The number of primary amides is 1. The van der Waals surface area contributed by atoms with Crippen molar-refractivity contribution in [1.82, 2.24) is 15.0 Å². The number of nitrogens with two attached hydrogens (primary N) is 1. The van der Waals surface area contributed by atoms with Gasteiger partial charge in [-0.1, -0.05) is 0 Å². The number of aromatic nitrogens is 2. The molecule has 0 saturated heterocycles. The molecule has 1 fully saturated rings. The van der Waals surface area contributed by atoms with Gasteiger partial charge in [0, 0.05) is 38.5 Å². The highest BCUT2D eigenvalue weighted by Gasteiger charge is 2.40. The van der Waals surface area contributed by atoms with Crippen LogP contribution in [0.3, 0.4) is 0 Å². The molecule has 0 aromatic carbocycles. The number of pyridine rings is 2. The van der Waals surface area contributed by atoms with Crippen molar-refractivity contribution in [2.45, 2.75) is 25.0 Å². The Morgan fingerprint density at radius 1 is 1.38 bits per heavy atom. The zero-order chi connectivity index (χ0) is 16.7. The van der Waals surface area contributed by atoms with Gasteiger partial charge >= 0.3 is 6.03 Å². The standard InChI is InChI=1S/C17H17N5O2/c1-24-12-5-4-11-10-21(17(18)23)22(15(11)9-12)14-6-8-19-13-3-2-7-20-16(13)14/h2-3,6-8,10,12,15H,4,9H2,1H3,(H2,18,23). The van der Waals surface area contributed by atoms with Crippen LogP contribution in [-0.4, -0.2) is 40.3 Å². The second-order valence-electron chi connectivity index (χ2n) is 5.79. The third kappa shape index (κ3) is 2.28. The molecule has 2 N–H and O–H groups in total. The first kappa shape index (κ1) is 14.9. The van der Waals surface area contributed by atoms with Gasteiger partial charge in [-0.05, 0) is 30.2 Å². The van der Waals surface area contributed by atoms with Gasteiger partial charge < -0.3 is 10.5 Å². The van der Waals surface area contributed by atoms with E-state index in [1.165, 1.54) is 5.01 Å². The van der Waals surface area contributed by atoms with Crippen molar-refractivity contribution >= 4 is 22.8 Å². The van der Waals surface area contributed by atoms with Gasteiger partial charge in [-0.25, -0.2) is 9.80 Å². The van der Waals surface area contributed by atoms with E-state index in [0.717, 1.165) is 22.3 Å². The summed E-state index contributed by atoms with van der Waals surface area (Å²) in [4.78, 5) is 20.8. The van der Waals surface area contributed by atoms with Crippen LogP contribution in [0.4, 0.5) is 10.5 Å². The minimum Gasteiger partial charge on any atom is -0.381 e. The van der Waals surface area contributed by atoms with Crippen molar-refractivity contribution in [2.24, 2.45) is 5.73 Å². The second-order valence-corrected chi connectivity index (χ2v) is 5.79. The lowest BCUT2D eigenvalue weighted by molar-refractivity contribution is 0.106. The monoisotopic (exact) mass is 323 g/mol. The van der Waals surface area contributed by atoms with Crippen LogP contribution in [0.2, 0.25) is 0 Å². The quantitative estimate of drug-likeness (QED) is 0.912. The number of methoxy groups -OCH3 is 1. The van der Waals surface area contributed by atoms with Crippen molar-refractivity contribution < 1.29 is 9.53 Å². The van der Waals surface area contributed by atoms with Crippen LogP contribution >= 0.6 is 0 Å². The fraction of sp³-hybridized carbons (Fsp3) is 0.294. The van der Waals surface area contributed by atoms with Crippen LogP contribution in [0.5, 0.6) is 0 Å². The molecular formula is C17H17N5O2. The summed E-state index contributed by atoms with van der Waals surface area (Å²) in [5, 5.41) is 3.34.